The Bertz CT molecular complexity index is 1940. The molecule has 1 aliphatic rings. The van der Waals surface area contributed by atoms with E-state index in [-0.39, 0.29) is 23.9 Å². The fourth-order valence-corrected chi connectivity index (χ4v) is 8.03. The van der Waals surface area contributed by atoms with Crippen LogP contribution in [-0.2, 0) is 38.8 Å². The van der Waals surface area contributed by atoms with E-state index in [2.05, 4.69) is 5.32 Å². The molecule has 0 aromatic heterocycles. The molecule has 0 spiro atoms. The van der Waals surface area contributed by atoms with Crippen LogP contribution in [0.4, 0.5) is 18.9 Å². The van der Waals surface area contributed by atoms with Crippen molar-refractivity contribution >= 4 is 50.7 Å². The zero-order valence-electron chi connectivity index (χ0n) is 27.9. The van der Waals surface area contributed by atoms with Crippen LogP contribution >= 0.6 is 23.2 Å². The second-order valence-corrected chi connectivity index (χ2v) is 15.4. The number of rotatable bonds is 12. The number of nitrogens with one attached hydrogen (secondary N) is 1. The van der Waals surface area contributed by atoms with Gasteiger partial charge in [-0.25, -0.2) is 8.42 Å². The summed E-state index contributed by atoms with van der Waals surface area (Å²) in [4.78, 5) is 30.0. The van der Waals surface area contributed by atoms with Crippen LogP contribution in [0.25, 0.3) is 0 Å². The molecule has 0 bridgehead atoms. The molecule has 51 heavy (non-hydrogen) atoms. The quantitative estimate of drug-likeness (QED) is 0.157. The number of carbonyl (C=O) groups excluding carboxylic acids is 2. The first-order chi connectivity index (χ1) is 24.2. The van der Waals surface area contributed by atoms with E-state index in [1.165, 1.54) is 17.0 Å². The smallest absolute Gasteiger partial charge is 0.352 e. The summed E-state index contributed by atoms with van der Waals surface area (Å²) in [5.41, 5.74) is 0.389. The molecule has 0 saturated heterocycles. The number of anilines is 1. The Morgan fingerprint density at radius 2 is 1.53 bits per heavy atom. The minimum absolute atomic E-state index is 0.0928. The minimum Gasteiger partial charge on any atom is -0.352 e. The minimum atomic E-state index is -4.91. The first kappa shape index (κ1) is 38.2. The van der Waals surface area contributed by atoms with Gasteiger partial charge in [0.2, 0.25) is 11.8 Å². The lowest BCUT2D eigenvalue weighted by Gasteiger charge is -2.35. The van der Waals surface area contributed by atoms with Gasteiger partial charge in [0.05, 0.1) is 21.2 Å². The Balaban J connectivity index is 1.61. The van der Waals surface area contributed by atoms with Crippen molar-refractivity contribution in [2.75, 3.05) is 10.8 Å². The Kier molecular flexibility index (Phi) is 12.4. The van der Waals surface area contributed by atoms with Gasteiger partial charge in [-0.1, -0.05) is 103 Å². The predicted molar refractivity (Wildman–Crippen MR) is 193 cm³/mol. The highest BCUT2D eigenvalue weighted by Gasteiger charge is 2.38. The van der Waals surface area contributed by atoms with Gasteiger partial charge in [-0.05, 0) is 73.4 Å². The number of benzene rings is 4. The van der Waals surface area contributed by atoms with Gasteiger partial charge in [0.15, 0.2) is 0 Å². The van der Waals surface area contributed by atoms with Crippen LogP contribution in [0.2, 0.25) is 10.0 Å². The van der Waals surface area contributed by atoms with Gasteiger partial charge in [-0.3, -0.25) is 13.9 Å². The van der Waals surface area contributed by atoms with Crippen LogP contribution in [0.3, 0.4) is 0 Å². The van der Waals surface area contributed by atoms with Crippen molar-refractivity contribution in [3.8, 4) is 0 Å². The van der Waals surface area contributed by atoms with Crippen molar-refractivity contribution in [1.29, 1.82) is 0 Å². The lowest BCUT2D eigenvalue weighted by Crippen LogP contribution is -2.55. The lowest BCUT2D eigenvalue weighted by molar-refractivity contribution is -0.140. The van der Waals surface area contributed by atoms with Crippen LogP contribution in [0, 0.1) is 6.92 Å². The van der Waals surface area contributed by atoms with Gasteiger partial charge < -0.3 is 10.2 Å². The summed E-state index contributed by atoms with van der Waals surface area (Å²) in [7, 11) is -4.63. The van der Waals surface area contributed by atoms with E-state index in [0.29, 0.717) is 21.0 Å². The van der Waals surface area contributed by atoms with Crippen molar-refractivity contribution in [2.24, 2.45) is 0 Å². The molecular weight excluding hydrogens is 722 g/mol. The summed E-state index contributed by atoms with van der Waals surface area (Å²) in [6.07, 6.45) is -0.286. The summed E-state index contributed by atoms with van der Waals surface area (Å²) < 4.78 is 71.2. The maximum absolute atomic E-state index is 14.7. The third kappa shape index (κ3) is 9.84. The molecular formula is C38H38Cl2F3N3O4S. The van der Waals surface area contributed by atoms with E-state index in [0.717, 1.165) is 55.4 Å². The van der Waals surface area contributed by atoms with Crippen LogP contribution in [0.15, 0.2) is 102 Å². The molecule has 4 aromatic carbocycles. The van der Waals surface area contributed by atoms with Gasteiger partial charge in [-0.15, -0.1) is 0 Å². The predicted octanol–water partition coefficient (Wildman–Crippen LogP) is 8.60. The Hall–Kier alpha value is -4.06. The molecule has 0 heterocycles. The highest BCUT2D eigenvalue weighted by molar-refractivity contribution is 7.92. The standard InChI is InChI=1S/C38H38Cl2F3N3O4S/c1-26-15-18-32(19-16-26)51(49,50)46(31-17-20-34(40)33(23-31)38(41,42)43)25-36(47)45(24-28-11-8-12-29(39)21-28)35(22-27-9-4-2-5-10-27)37(48)44-30-13-6-3-7-14-30/h2,4-5,8-12,15-21,23,30,35H,3,6-7,13-14,22,24-25H2,1H3,(H,44,48). The number of halogens is 5. The zero-order chi connectivity index (χ0) is 36.8. The molecule has 270 valence electrons. The summed E-state index contributed by atoms with van der Waals surface area (Å²) in [6.45, 7) is 0.699. The van der Waals surface area contributed by atoms with E-state index in [1.807, 2.05) is 30.3 Å². The topological polar surface area (TPSA) is 86.8 Å². The van der Waals surface area contributed by atoms with Crippen molar-refractivity contribution < 1.29 is 31.2 Å². The molecule has 5 rings (SSSR count). The van der Waals surface area contributed by atoms with E-state index in [1.54, 1.807) is 43.3 Å². The molecule has 1 atom stereocenters. The van der Waals surface area contributed by atoms with Crippen LogP contribution < -0.4 is 9.62 Å². The van der Waals surface area contributed by atoms with Crippen LogP contribution in [0.1, 0.15) is 54.4 Å². The molecule has 4 aromatic rings. The molecule has 7 nitrogen and oxygen atoms in total. The maximum atomic E-state index is 14.7. The van der Waals surface area contributed by atoms with E-state index in [9.17, 15) is 31.2 Å². The first-order valence-electron chi connectivity index (χ1n) is 16.6. The van der Waals surface area contributed by atoms with Gasteiger partial charge >= 0.3 is 6.18 Å². The number of sulfonamides is 1. The van der Waals surface area contributed by atoms with E-state index < -0.39 is 56.9 Å². The highest BCUT2D eigenvalue weighted by Crippen LogP contribution is 2.38. The molecule has 13 heteroatoms. The Morgan fingerprint density at radius 1 is 0.863 bits per heavy atom. The average molecular weight is 761 g/mol. The number of nitrogens with zero attached hydrogens (tertiary/aromatic N) is 2. The molecule has 1 saturated carbocycles. The summed E-state index contributed by atoms with van der Waals surface area (Å²) in [5, 5.41) is 2.87. The monoisotopic (exact) mass is 759 g/mol. The van der Waals surface area contributed by atoms with Crippen molar-refractivity contribution in [2.45, 2.75) is 75.1 Å². The fraction of sp³-hybridized carbons (Fsp3) is 0.316. The van der Waals surface area contributed by atoms with Crippen LogP contribution in [0.5, 0.6) is 0 Å². The molecule has 1 N–H and O–H groups in total. The zero-order valence-corrected chi connectivity index (χ0v) is 30.2. The summed E-state index contributed by atoms with van der Waals surface area (Å²) >= 11 is 12.2. The lowest BCUT2D eigenvalue weighted by atomic mass is 9.94. The third-order valence-electron chi connectivity index (χ3n) is 8.90. The Labute approximate surface area is 306 Å². The fourth-order valence-electron chi connectivity index (χ4n) is 6.18. The number of carbonyl (C=O) groups is 2. The van der Waals surface area contributed by atoms with Gasteiger partial charge in [-0.2, -0.15) is 13.2 Å². The third-order valence-corrected chi connectivity index (χ3v) is 11.2. The molecule has 1 unspecified atom stereocenters. The van der Waals surface area contributed by atoms with E-state index in [4.69, 9.17) is 23.2 Å². The largest absolute Gasteiger partial charge is 0.417 e. The first-order valence-corrected chi connectivity index (χ1v) is 18.8. The normalized spacial score (nSPS) is 14.5. The van der Waals surface area contributed by atoms with Gasteiger partial charge in [0.1, 0.15) is 12.6 Å². The van der Waals surface area contributed by atoms with Crippen molar-refractivity contribution in [3.63, 3.8) is 0 Å². The molecule has 2 amide bonds. The van der Waals surface area contributed by atoms with Crippen LogP contribution in [-0.4, -0.2) is 43.8 Å². The maximum Gasteiger partial charge on any atom is 0.417 e. The number of hydrogen-bond donors (Lipinski definition) is 1. The number of amides is 2. The highest BCUT2D eigenvalue weighted by atomic mass is 35.5. The molecule has 0 aliphatic heterocycles. The number of alkyl halides is 3. The molecule has 1 aliphatic carbocycles. The van der Waals surface area contributed by atoms with Crippen molar-refractivity contribution in [3.05, 3.63) is 129 Å². The molecule has 0 radical (unpaired) electrons. The SMILES string of the molecule is Cc1ccc(S(=O)(=O)N(CC(=O)N(Cc2cccc(Cl)c2)C(Cc2ccccc2)C(=O)NC2CCCCC2)c2ccc(Cl)c(C(F)(F)F)c2)cc1. The second kappa shape index (κ2) is 16.5. The van der Waals surface area contributed by atoms with E-state index >= 15 is 0 Å². The van der Waals surface area contributed by atoms with Gasteiger partial charge in [0.25, 0.3) is 10.0 Å². The average Bonchev–Trinajstić information content (AvgIpc) is 3.09. The number of hydrogen-bond acceptors (Lipinski definition) is 4. The summed E-state index contributed by atoms with van der Waals surface area (Å²) in [6, 6.07) is 23.0. The summed E-state index contributed by atoms with van der Waals surface area (Å²) in [5.74, 6) is -1.23. The Morgan fingerprint density at radius 3 is 2.18 bits per heavy atom. The van der Waals surface area contributed by atoms with Crippen molar-refractivity contribution in [1.82, 2.24) is 10.2 Å². The second-order valence-electron chi connectivity index (χ2n) is 12.7. The number of aryl methyl sites for hydroxylation is 1. The molecule has 1 fully saturated rings. The van der Waals surface area contributed by atoms with Gasteiger partial charge in [0, 0.05) is 24.0 Å².